The van der Waals surface area contributed by atoms with Crippen LogP contribution >= 0.6 is 0 Å². The summed E-state index contributed by atoms with van der Waals surface area (Å²) in [6.07, 6.45) is 15.0. The van der Waals surface area contributed by atoms with Crippen LogP contribution in [-0.2, 0) is 4.65 Å². The Bertz CT molecular complexity index is 490. The summed E-state index contributed by atoms with van der Waals surface area (Å²) in [5.74, 6) is 0. The van der Waals surface area contributed by atoms with Gasteiger partial charge in [-0.15, -0.1) is 0 Å². The maximum Gasteiger partial charge on any atom is 0.634 e. The molecule has 1 aromatic carbocycles. The van der Waals surface area contributed by atoms with Crippen LogP contribution in [0.15, 0.2) is 30.3 Å². The molecule has 0 aliphatic rings. The number of quaternary nitrogens is 1. The van der Waals surface area contributed by atoms with Gasteiger partial charge >= 0.3 is 7.32 Å². The zero-order chi connectivity index (χ0) is 24.8. The molecule has 4 nitrogen and oxygen atoms in total. The third kappa shape index (κ3) is 16.4. The summed E-state index contributed by atoms with van der Waals surface area (Å²) < 4.78 is 6.51. The number of unbranched alkanes of at least 4 members (excludes halogenated alkanes) is 6. The van der Waals surface area contributed by atoms with Crippen molar-refractivity contribution in [3.8, 4) is 0 Å². The lowest BCUT2D eigenvalue weighted by molar-refractivity contribution is -0.929. The van der Waals surface area contributed by atoms with Crippen LogP contribution in [0.3, 0.4) is 0 Å². The lowest BCUT2D eigenvalue weighted by Crippen LogP contribution is -2.50. The lowest BCUT2D eigenvalue weighted by atomic mass is 10.0. The highest BCUT2D eigenvalue weighted by atomic mass is 16.6. The molecule has 0 saturated heterocycles. The predicted octanol–water partition coefficient (Wildman–Crippen LogP) is 7.30. The topological polar surface area (TPSA) is 49.7 Å². The quantitative estimate of drug-likeness (QED) is 0.128. The van der Waals surface area contributed by atoms with Crippen LogP contribution < -0.4 is 0 Å². The molecule has 5 heteroatoms. The van der Waals surface area contributed by atoms with Crippen molar-refractivity contribution < 1.29 is 19.2 Å². The number of rotatable bonds is 19. The van der Waals surface area contributed by atoms with Crippen molar-refractivity contribution in [1.29, 1.82) is 0 Å². The molecule has 1 aromatic rings. The zero-order valence-electron chi connectivity index (χ0n) is 22.6. The van der Waals surface area contributed by atoms with Gasteiger partial charge in [-0.1, -0.05) is 110 Å². The highest BCUT2D eigenvalue weighted by molar-refractivity contribution is 6.32. The van der Waals surface area contributed by atoms with Gasteiger partial charge in [0.25, 0.3) is 0 Å². The summed E-state index contributed by atoms with van der Waals surface area (Å²) in [6.45, 7) is 17.2. The van der Waals surface area contributed by atoms with E-state index >= 15 is 0 Å². The highest BCUT2D eigenvalue weighted by Gasteiger charge is 2.24. The van der Waals surface area contributed by atoms with Crippen molar-refractivity contribution in [3.05, 3.63) is 35.9 Å². The molecular formula is C28H55BNO3+. The highest BCUT2D eigenvalue weighted by Crippen LogP contribution is 2.23. The van der Waals surface area contributed by atoms with E-state index in [9.17, 15) is 0 Å². The van der Waals surface area contributed by atoms with Crippen LogP contribution in [0.5, 0.6) is 0 Å². The molecule has 0 heterocycles. The second-order valence-corrected chi connectivity index (χ2v) is 9.51. The maximum absolute atomic E-state index is 8.87. The minimum absolute atomic E-state index is 0.229. The van der Waals surface area contributed by atoms with Gasteiger partial charge in [0.05, 0.1) is 32.3 Å². The van der Waals surface area contributed by atoms with Crippen molar-refractivity contribution >= 4 is 7.32 Å². The fourth-order valence-corrected chi connectivity index (χ4v) is 4.35. The van der Waals surface area contributed by atoms with E-state index in [1.165, 1.54) is 82.0 Å². The van der Waals surface area contributed by atoms with Crippen LogP contribution in [0.25, 0.3) is 0 Å². The van der Waals surface area contributed by atoms with E-state index in [-0.39, 0.29) is 6.10 Å². The number of hydrogen-bond acceptors (Lipinski definition) is 3. The molecule has 0 amide bonds. The molecule has 2 N–H and O–H groups in total. The third-order valence-corrected chi connectivity index (χ3v) is 6.47. The van der Waals surface area contributed by atoms with Gasteiger partial charge in [0.2, 0.25) is 0 Å². The molecule has 0 bridgehead atoms. The Hall–Kier alpha value is -0.875. The SMILES string of the molecule is CCCCCC(OB(O)O)c1ccccc1.CCCC[N+](CCCC)(CCCC)CCCC. The van der Waals surface area contributed by atoms with E-state index in [4.69, 9.17) is 14.7 Å². The number of nitrogens with zero attached hydrogens (tertiary/aromatic N) is 1. The van der Waals surface area contributed by atoms with E-state index < -0.39 is 7.32 Å². The standard InChI is InChI=1S/C16H36N.C12H19BO3/c1-5-9-13-17(14-10-6-2,15-11-7-3)16-12-8-4;1-2-3-5-10-12(16-13(14)15)11-8-6-4-7-9-11/h5-16H2,1-4H3;4,6-9,12,14-15H,2-3,5,10H2,1H3/q+1;. The van der Waals surface area contributed by atoms with Crippen molar-refractivity contribution in [2.75, 3.05) is 26.2 Å². The van der Waals surface area contributed by atoms with E-state index in [2.05, 4.69) is 34.6 Å². The van der Waals surface area contributed by atoms with Crippen LogP contribution in [-0.4, -0.2) is 48.0 Å². The summed E-state index contributed by atoms with van der Waals surface area (Å²) >= 11 is 0. The van der Waals surface area contributed by atoms with E-state index in [1.807, 2.05) is 30.3 Å². The number of benzene rings is 1. The van der Waals surface area contributed by atoms with Crippen molar-refractivity contribution in [1.82, 2.24) is 0 Å². The molecule has 1 atom stereocenters. The molecule has 0 spiro atoms. The molecule has 0 aliphatic carbocycles. The molecular weight excluding hydrogens is 409 g/mol. The molecule has 192 valence electrons. The van der Waals surface area contributed by atoms with E-state index in [1.54, 1.807) is 0 Å². The smallest absolute Gasteiger partial charge is 0.402 e. The first-order valence-corrected chi connectivity index (χ1v) is 13.9. The maximum atomic E-state index is 8.87. The van der Waals surface area contributed by atoms with Crippen LogP contribution in [0.1, 0.15) is 123 Å². The summed E-state index contributed by atoms with van der Waals surface area (Å²) in [5.41, 5.74) is 0.992. The van der Waals surface area contributed by atoms with Crippen molar-refractivity contribution in [2.24, 2.45) is 0 Å². The van der Waals surface area contributed by atoms with Crippen molar-refractivity contribution in [3.63, 3.8) is 0 Å². The monoisotopic (exact) mass is 464 g/mol. The van der Waals surface area contributed by atoms with E-state index in [0.29, 0.717) is 0 Å². The first-order valence-electron chi connectivity index (χ1n) is 13.9. The Balaban J connectivity index is 0.000000621. The Morgan fingerprint density at radius 1 is 0.667 bits per heavy atom. The Labute approximate surface area is 206 Å². The van der Waals surface area contributed by atoms with Crippen LogP contribution in [0, 0.1) is 0 Å². The lowest BCUT2D eigenvalue weighted by Gasteiger charge is -2.39. The second-order valence-electron chi connectivity index (χ2n) is 9.51. The van der Waals surface area contributed by atoms with Gasteiger partial charge in [-0.3, -0.25) is 0 Å². The van der Waals surface area contributed by atoms with Crippen LogP contribution in [0.2, 0.25) is 0 Å². The molecule has 1 rings (SSSR count). The minimum Gasteiger partial charge on any atom is -0.402 e. The molecule has 0 fully saturated rings. The zero-order valence-corrected chi connectivity index (χ0v) is 22.6. The average molecular weight is 465 g/mol. The summed E-state index contributed by atoms with van der Waals surface area (Å²) in [4.78, 5) is 0. The van der Waals surface area contributed by atoms with Gasteiger partial charge in [0.1, 0.15) is 0 Å². The first kappa shape index (κ1) is 32.1. The molecule has 0 aromatic heterocycles. The number of hydrogen-bond donors (Lipinski definition) is 2. The second kappa shape index (κ2) is 21.6. The Morgan fingerprint density at radius 2 is 1.09 bits per heavy atom. The molecule has 0 aliphatic heterocycles. The van der Waals surface area contributed by atoms with Crippen LogP contribution in [0.4, 0.5) is 0 Å². The molecule has 33 heavy (non-hydrogen) atoms. The fourth-order valence-electron chi connectivity index (χ4n) is 4.35. The fraction of sp³-hybridized carbons (Fsp3) is 0.786. The third-order valence-electron chi connectivity index (χ3n) is 6.47. The van der Waals surface area contributed by atoms with Gasteiger partial charge in [0.15, 0.2) is 0 Å². The predicted molar refractivity (Wildman–Crippen MR) is 144 cm³/mol. The molecule has 0 saturated carbocycles. The van der Waals surface area contributed by atoms with Gasteiger partial charge in [-0.2, -0.15) is 0 Å². The van der Waals surface area contributed by atoms with E-state index in [0.717, 1.165) is 31.2 Å². The van der Waals surface area contributed by atoms with Gasteiger partial charge in [-0.25, -0.2) is 0 Å². The van der Waals surface area contributed by atoms with Gasteiger partial charge < -0.3 is 19.2 Å². The van der Waals surface area contributed by atoms with Crippen molar-refractivity contribution in [2.45, 2.75) is 118 Å². The Kier molecular flexibility index (Phi) is 21.1. The normalized spacial score (nSPS) is 12.2. The molecule has 0 radical (unpaired) electrons. The summed E-state index contributed by atoms with van der Waals surface area (Å²) in [6, 6.07) is 9.67. The largest absolute Gasteiger partial charge is 0.634 e. The van der Waals surface area contributed by atoms with Gasteiger partial charge in [0, 0.05) is 0 Å². The summed E-state index contributed by atoms with van der Waals surface area (Å²) in [7, 11) is -1.70. The first-order chi connectivity index (χ1) is 16.0. The summed E-state index contributed by atoms with van der Waals surface area (Å²) in [5, 5.41) is 17.7. The molecule has 1 unspecified atom stereocenters. The average Bonchev–Trinajstić information content (AvgIpc) is 2.83. The van der Waals surface area contributed by atoms with Gasteiger partial charge in [-0.05, 0) is 37.7 Å². The Morgan fingerprint density at radius 3 is 1.45 bits per heavy atom. The minimum atomic E-state index is -1.70.